The van der Waals surface area contributed by atoms with Crippen molar-refractivity contribution in [3.8, 4) is 0 Å². The third-order valence-electron chi connectivity index (χ3n) is 3.65. The minimum Gasteiger partial charge on any atom is -0.313 e. The first-order valence-corrected chi connectivity index (χ1v) is 7.01. The van der Waals surface area contributed by atoms with Crippen LogP contribution in [0.25, 0.3) is 0 Å². The second-order valence-corrected chi connectivity index (χ2v) is 5.14. The van der Waals surface area contributed by atoms with Gasteiger partial charge in [0, 0.05) is 24.7 Å². The van der Waals surface area contributed by atoms with Crippen molar-refractivity contribution in [2.75, 3.05) is 7.05 Å². The maximum atomic E-state index is 13.2. The molecule has 0 amide bonds. The van der Waals surface area contributed by atoms with E-state index in [0.29, 0.717) is 0 Å². The molecule has 0 aliphatic carbocycles. The Balaban J connectivity index is 2.28. The fourth-order valence-electron chi connectivity index (χ4n) is 2.64. The number of likely N-dealkylation sites (N-methyl/N-ethyl adjacent to an activating group) is 1. The number of halogens is 1. The van der Waals surface area contributed by atoms with Crippen LogP contribution in [0.15, 0.2) is 24.3 Å². The third-order valence-corrected chi connectivity index (χ3v) is 3.65. The van der Waals surface area contributed by atoms with E-state index in [-0.39, 0.29) is 11.9 Å². The molecular weight excluding hydrogens is 253 g/mol. The highest BCUT2D eigenvalue weighted by atomic mass is 19.1. The molecule has 0 aliphatic heterocycles. The van der Waals surface area contributed by atoms with Gasteiger partial charge in [-0.1, -0.05) is 6.07 Å². The number of nitrogens with zero attached hydrogens (tertiary/aromatic N) is 2. The van der Waals surface area contributed by atoms with Gasteiger partial charge in [0.25, 0.3) is 0 Å². The Hall–Kier alpha value is -1.68. The molecule has 4 heteroatoms. The van der Waals surface area contributed by atoms with E-state index in [9.17, 15) is 4.39 Å². The van der Waals surface area contributed by atoms with Gasteiger partial charge < -0.3 is 5.32 Å². The molecule has 1 aromatic heterocycles. The summed E-state index contributed by atoms with van der Waals surface area (Å²) in [6.07, 6.45) is 0.845. The molecule has 1 atom stereocenters. The van der Waals surface area contributed by atoms with Gasteiger partial charge in [-0.2, -0.15) is 5.10 Å². The molecule has 1 unspecified atom stereocenters. The van der Waals surface area contributed by atoms with Crippen molar-refractivity contribution in [3.63, 3.8) is 0 Å². The first kappa shape index (κ1) is 14.7. The second kappa shape index (κ2) is 6.18. The van der Waals surface area contributed by atoms with Crippen LogP contribution < -0.4 is 5.32 Å². The lowest BCUT2D eigenvalue weighted by molar-refractivity contribution is 0.537. The van der Waals surface area contributed by atoms with Gasteiger partial charge >= 0.3 is 0 Å². The molecule has 1 aromatic carbocycles. The monoisotopic (exact) mass is 275 g/mol. The highest BCUT2D eigenvalue weighted by molar-refractivity contribution is 5.30. The van der Waals surface area contributed by atoms with Crippen molar-refractivity contribution in [3.05, 3.63) is 52.6 Å². The van der Waals surface area contributed by atoms with E-state index in [1.54, 1.807) is 6.07 Å². The molecule has 0 aliphatic rings. The van der Waals surface area contributed by atoms with Crippen LogP contribution in [0.1, 0.15) is 35.5 Å². The Morgan fingerprint density at radius 2 is 2.05 bits per heavy atom. The van der Waals surface area contributed by atoms with Crippen molar-refractivity contribution >= 4 is 0 Å². The summed E-state index contributed by atoms with van der Waals surface area (Å²) < 4.78 is 15.3. The summed E-state index contributed by atoms with van der Waals surface area (Å²) in [5, 5.41) is 7.80. The summed E-state index contributed by atoms with van der Waals surface area (Å²) in [6.45, 7) is 6.91. The fraction of sp³-hybridized carbons (Fsp3) is 0.438. The molecule has 0 fully saturated rings. The van der Waals surface area contributed by atoms with Crippen molar-refractivity contribution in [1.29, 1.82) is 0 Å². The first-order valence-electron chi connectivity index (χ1n) is 7.01. The Kier molecular flexibility index (Phi) is 4.55. The maximum Gasteiger partial charge on any atom is 0.123 e. The van der Waals surface area contributed by atoms with E-state index in [2.05, 4.69) is 23.4 Å². The molecule has 0 saturated heterocycles. The SMILES string of the molecule is CCn1nc(C)cc1CC(NC)c1ccc(F)cc1C. The highest BCUT2D eigenvalue weighted by Gasteiger charge is 2.16. The van der Waals surface area contributed by atoms with Gasteiger partial charge in [-0.3, -0.25) is 4.68 Å². The molecule has 108 valence electrons. The largest absolute Gasteiger partial charge is 0.313 e. The molecule has 0 spiro atoms. The van der Waals surface area contributed by atoms with Gasteiger partial charge in [0.1, 0.15) is 5.82 Å². The van der Waals surface area contributed by atoms with Gasteiger partial charge in [0.15, 0.2) is 0 Å². The zero-order valence-corrected chi connectivity index (χ0v) is 12.6. The predicted octanol–water partition coefficient (Wildman–Crippen LogP) is 3.16. The summed E-state index contributed by atoms with van der Waals surface area (Å²) in [5.74, 6) is -0.185. The summed E-state index contributed by atoms with van der Waals surface area (Å²) in [4.78, 5) is 0. The highest BCUT2D eigenvalue weighted by Crippen LogP contribution is 2.22. The van der Waals surface area contributed by atoms with Crippen molar-refractivity contribution in [1.82, 2.24) is 15.1 Å². The quantitative estimate of drug-likeness (QED) is 0.908. The molecular formula is C16H22FN3. The summed E-state index contributed by atoms with van der Waals surface area (Å²) >= 11 is 0. The topological polar surface area (TPSA) is 29.9 Å². The lowest BCUT2D eigenvalue weighted by Gasteiger charge is -2.19. The van der Waals surface area contributed by atoms with Gasteiger partial charge in [0.05, 0.1) is 5.69 Å². The van der Waals surface area contributed by atoms with Crippen LogP contribution in [-0.4, -0.2) is 16.8 Å². The zero-order valence-electron chi connectivity index (χ0n) is 12.6. The van der Waals surface area contributed by atoms with Crippen LogP contribution in [0.2, 0.25) is 0 Å². The number of nitrogens with one attached hydrogen (secondary N) is 1. The van der Waals surface area contributed by atoms with E-state index in [1.165, 1.54) is 11.8 Å². The van der Waals surface area contributed by atoms with Crippen molar-refractivity contribution in [2.24, 2.45) is 0 Å². The standard InChI is InChI=1S/C16H22FN3/c1-5-20-14(9-12(3)19-20)10-16(18-4)15-7-6-13(17)8-11(15)2/h6-9,16,18H,5,10H2,1-4H3. The van der Waals surface area contributed by atoms with E-state index in [0.717, 1.165) is 29.8 Å². The molecule has 3 nitrogen and oxygen atoms in total. The first-order chi connectivity index (χ1) is 9.55. The Labute approximate surface area is 119 Å². The second-order valence-electron chi connectivity index (χ2n) is 5.14. The molecule has 2 aromatic rings. The van der Waals surface area contributed by atoms with Gasteiger partial charge in [0.2, 0.25) is 0 Å². The van der Waals surface area contributed by atoms with Crippen LogP contribution in [0, 0.1) is 19.7 Å². The number of hydrogen-bond donors (Lipinski definition) is 1. The van der Waals surface area contributed by atoms with E-state index in [4.69, 9.17) is 0 Å². The molecule has 0 radical (unpaired) electrons. The maximum absolute atomic E-state index is 13.2. The normalized spacial score (nSPS) is 12.7. The fourth-order valence-corrected chi connectivity index (χ4v) is 2.64. The number of hydrogen-bond acceptors (Lipinski definition) is 2. The Morgan fingerprint density at radius 1 is 1.30 bits per heavy atom. The van der Waals surface area contributed by atoms with E-state index >= 15 is 0 Å². The summed E-state index contributed by atoms with van der Waals surface area (Å²) in [5.41, 5.74) is 4.35. The number of benzene rings is 1. The Bertz CT molecular complexity index is 589. The molecule has 2 rings (SSSR count). The van der Waals surface area contributed by atoms with Crippen LogP contribution in [-0.2, 0) is 13.0 Å². The number of aromatic nitrogens is 2. The molecule has 1 N–H and O–H groups in total. The summed E-state index contributed by atoms with van der Waals surface area (Å²) in [6, 6.07) is 7.26. The molecule has 20 heavy (non-hydrogen) atoms. The van der Waals surface area contributed by atoms with Crippen molar-refractivity contribution < 1.29 is 4.39 Å². The van der Waals surface area contributed by atoms with Gasteiger partial charge in [-0.25, -0.2) is 4.39 Å². The number of rotatable bonds is 5. The van der Waals surface area contributed by atoms with E-state index in [1.807, 2.05) is 31.6 Å². The predicted molar refractivity (Wildman–Crippen MR) is 79.3 cm³/mol. The minimum atomic E-state index is -0.185. The minimum absolute atomic E-state index is 0.164. The van der Waals surface area contributed by atoms with Crippen LogP contribution in [0.4, 0.5) is 4.39 Å². The van der Waals surface area contributed by atoms with Crippen LogP contribution in [0.5, 0.6) is 0 Å². The summed E-state index contributed by atoms with van der Waals surface area (Å²) in [7, 11) is 1.94. The molecule has 0 saturated carbocycles. The number of aryl methyl sites for hydroxylation is 3. The van der Waals surface area contributed by atoms with Crippen LogP contribution in [0.3, 0.4) is 0 Å². The average molecular weight is 275 g/mol. The smallest absolute Gasteiger partial charge is 0.123 e. The van der Waals surface area contributed by atoms with Crippen LogP contribution >= 0.6 is 0 Å². The third kappa shape index (κ3) is 3.07. The molecule has 0 bridgehead atoms. The lowest BCUT2D eigenvalue weighted by Crippen LogP contribution is -2.21. The lowest BCUT2D eigenvalue weighted by atomic mass is 9.97. The Morgan fingerprint density at radius 3 is 2.65 bits per heavy atom. The van der Waals surface area contributed by atoms with Crippen molar-refractivity contribution in [2.45, 2.75) is 39.8 Å². The average Bonchev–Trinajstić information content (AvgIpc) is 2.76. The molecule has 1 heterocycles. The zero-order chi connectivity index (χ0) is 14.7. The van der Waals surface area contributed by atoms with E-state index < -0.39 is 0 Å². The van der Waals surface area contributed by atoms with Gasteiger partial charge in [-0.05, 0) is 57.1 Å². The van der Waals surface area contributed by atoms with Gasteiger partial charge in [-0.15, -0.1) is 0 Å².